The summed E-state index contributed by atoms with van der Waals surface area (Å²) in [6, 6.07) is 18.6. The lowest BCUT2D eigenvalue weighted by Gasteiger charge is -2.30. The van der Waals surface area contributed by atoms with Gasteiger partial charge in [-0.15, -0.1) is 0 Å². The molecule has 2 atom stereocenters. The lowest BCUT2D eigenvalue weighted by atomic mass is 9.93. The fraction of sp³-hybridized carbons (Fsp3) is 0.381. The molecule has 1 amide bonds. The van der Waals surface area contributed by atoms with Crippen molar-refractivity contribution in [1.82, 2.24) is 4.90 Å². The Morgan fingerprint density at radius 1 is 1.04 bits per heavy atom. The van der Waals surface area contributed by atoms with Crippen molar-refractivity contribution in [2.24, 2.45) is 11.7 Å². The van der Waals surface area contributed by atoms with Gasteiger partial charge in [-0.2, -0.15) is 0 Å². The standard InChI is InChI=1S/C21H26N2O/c1-23(21(24)18-12-10-17(15-22)11-13-18)20-9-5-8-19(20)14-16-6-3-2-4-7-16/h2-4,6-7,10-13,19-20H,5,8-9,14-15,22H2,1H3/t19-,20-/m0/s1. The third-order valence-electron chi connectivity index (χ3n) is 5.21. The van der Waals surface area contributed by atoms with Crippen LogP contribution in [0.2, 0.25) is 0 Å². The van der Waals surface area contributed by atoms with E-state index in [0.717, 1.165) is 24.0 Å². The van der Waals surface area contributed by atoms with Gasteiger partial charge in [0, 0.05) is 25.2 Å². The predicted octanol–water partition coefficient (Wildman–Crippen LogP) is 3.63. The van der Waals surface area contributed by atoms with E-state index in [1.807, 2.05) is 36.2 Å². The largest absolute Gasteiger partial charge is 0.338 e. The molecule has 2 N–H and O–H groups in total. The van der Waals surface area contributed by atoms with Crippen LogP contribution in [0.25, 0.3) is 0 Å². The zero-order chi connectivity index (χ0) is 16.9. The lowest BCUT2D eigenvalue weighted by molar-refractivity contribution is 0.0696. The average Bonchev–Trinajstić information content (AvgIpc) is 3.09. The molecule has 24 heavy (non-hydrogen) atoms. The number of benzene rings is 2. The zero-order valence-corrected chi connectivity index (χ0v) is 14.3. The summed E-state index contributed by atoms with van der Waals surface area (Å²) in [7, 11) is 1.95. The highest BCUT2D eigenvalue weighted by Gasteiger charge is 2.32. The molecule has 1 saturated carbocycles. The van der Waals surface area contributed by atoms with Crippen molar-refractivity contribution < 1.29 is 4.79 Å². The Morgan fingerprint density at radius 3 is 2.42 bits per heavy atom. The van der Waals surface area contributed by atoms with Crippen LogP contribution in [0.3, 0.4) is 0 Å². The second-order valence-corrected chi connectivity index (χ2v) is 6.77. The molecule has 3 heteroatoms. The van der Waals surface area contributed by atoms with Crippen LogP contribution in [-0.4, -0.2) is 23.9 Å². The van der Waals surface area contributed by atoms with Crippen LogP contribution < -0.4 is 5.73 Å². The number of carbonyl (C=O) groups excluding carboxylic acids is 1. The summed E-state index contributed by atoms with van der Waals surface area (Å²) in [5.41, 5.74) is 8.80. The lowest BCUT2D eigenvalue weighted by Crippen LogP contribution is -2.40. The van der Waals surface area contributed by atoms with Gasteiger partial charge in [0.05, 0.1) is 0 Å². The highest BCUT2D eigenvalue weighted by atomic mass is 16.2. The SMILES string of the molecule is CN(C(=O)c1ccc(CN)cc1)[C@H]1CCC[C@H]1Cc1ccccc1. The molecule has 2 aromatic rings. The Balaban J connectivity index is 1.70. The first-order valence-electron chi connectivity index (χ1n) is 8.79. The summed E-state index contributed by atoms with van der Waals surface area (Å²) in [5, 5.41) is 0. The van der Waals surface area contributed by atoms with Crippen molar-refractivity contribution in [3.63, 3.8) is 0 Å². The molecule has 0 radical (unpaired) electrons. The Hall–Kier alpha value is -2.13. The van der Waals surface area contributed by atoms with Gasteiger partial charge in [0.15, 0.2) is 0 Å². The van der Waals surface area contributed by atoms with E-state index < -0.39 is 0 Å². The summed E-state index contributed by atoms with van der Waals surface area (Å²) in [6.45, 7) is 0.506. The number of hydrogen-bond acceptors (Lipinski definition) is 2. The number of rotatable bonds is 5. The Bertz CT molecular complexity index is 666. The topological polar surface area (TPSA) is 46.3 Å². The van der Waals surface area contributed by atoms with Gasteiger partial charge in [-0.1, -0.05) is 48.9 Å². The number of nitrogens with two attached hydrogens (primary N) is 1. The smallest absolute Gasteiger partial charge is 0.253 e. The van der Waals surface area contributed by atoms with Gasteiger partial charge in [0.1, 0.15) is 0 Å². The monoisotopic (exact) mass is 322 g/mol. The summed E-state index contributed by atoms with van der Waals surface area (Å²) in [5.74, 6) is 0.660. The highest BCUT2D eigenvalue weighted by Crippen LogP contribution is 2.32. The summed E-state index contributed by atoms with van der Waals surface area (Å²) in [6.07, 6.45) is 4.55. The summed E-state index contributed by atoms with van der Waals surface area (Å²) >= 11 is 0. The van der Waals surface area contributed by atoms with Gasteiger partial charge >= 0.3 is 0 Å². The van der Waals surface area contributed by atoms with Crippen LogP contribution in [-0.2, 0) is 13.0 Å². The Kier molecular flexibility index (Phi) is 5.31. The second-order valence-electron chi connectivity index (χ2n) is 6.77. The summed E-state index contributed by atoms with van der Waals surface area (Å²) < 4.78 is 0. The van der Waals surface area contributed by atoms with Crippen molar-refractivity contribution in [1.29, 1.82) is 0 Å². The fourth-order valence-corrected chi connectivity index (χ4v) is 3.82. The van der Waals surface area contributed by atoms with E-state index in [9.17, 15) is 4.79 Å². The molecule has 126 valence electrons. The van der Waals surface area contributed by atoms with Crippen molar-refractivity contribution in [3.05, 3.63) is 71.3 Å². The molecule has 1 aliphatic rings. The molecule has 0 aliphatic heterocycles. The predicted molar refractivity (Wildman–Crippen MR) is 97.7 cm³/mol. The Labute approximate surface area is 144 Å². The maximum atomic E-state index is 12.8. The van der Waals surface area contributed by atoms with Gasteiger partial charge < -0.3 is 10.6 Å². The third-order valence-corrected chi connectivity index (χ3v) is 5.21. The molecule has 0 bridgehead atoms. The number of amides is 1. The van der Waals surface area contributed by atoms with E-state index in [0.29, 0.717) is 18.5 Å². The molecule has 0 saturated heterocycles. The molecule has 0 unspecified atom stereocenters. The molecule has 1 fully saturated rings. The molecule has 3 rings (SSSR count). The minimum Gasteiger partial charge on any atom is -0.338 e. The first kappa shape index (κ1) is 16.7. The molecule has 0 heterocycles. The fourth-order valence-electron chi connectivity index (χ4n) is 3.82. The van der Waals surface area contributed by atoms with Crippen LogP contribution >= 0.6 is 0 Å². The minimum absolute atomic E-state index is 0.114. The number of carbonyl (C=O) groups is 1. The second kappa shape index (κ2) is 7.63. The van der Waals surface area contributed by atoms with Crippen LogP contribution in [0.4, 0.5) is 0 Å². The average molecular weight is 322 g/mol. The first-order chi connectivity index (χ1) is 11.7. The van der Waals surface area contributed by atoms with Gasteiger partial charge in [-0.3, -0.25) is 4.79 Å². The number of hydrogen-bond donors (Lipinski definition) is 1. The molecule has 0 spiro atoms. The zero-order valence-electron chi connectivity index (χ0n) is 14.3. The first-order valence-corrected chi connectivity index (χ1v) is 8.79. The molecule has 0 aromatic heterocycles. The Morgan fingerprint density at radius 2 is 1.75 bits per heavy atom. The normalized spacial score (nSPS) is 20.1. The molecule has 1 aliphatic carbocycles. The molecular weight excluding hydrogens is 296 g/mol. The van der Waals surface area contributed by atoms with Crippen LogP contribution in [0.15, 0.2) is 54.6 Å². The van der Waals surface area contributed by atoms with Crippen LogP contribution in [0, 0.1) is 5.92 Å². The van der Waals surface area contributed by atoms with Gasteiger partial charge in [-0.05, 0) is 48.4 Å². The quantitative estimate of drug-likeness (QED) is 0.914. The maximum absolute atomic E-state index is 12.8. The number of nitrogens with zero attached hydrogens (tertiary/aromatic N) is 1. The van der Waals surface area contributed by atoms with Gasteiger partial charge in [0.25, 0.3) is 5.91 Å². The van der Waals surface area contributed by atoms with Crippen molar-refractivity contribution in [3.8, 4) is 0 Å². The third kappa shape index (κ3) is 3.68. The molecular formula is C21H26N2O. The highest BCUT2D eigenvalue weighted by molar-refractivity contribution is 5.94. The molecule has 2 aromatic carbocycles. The van der Waals surface area contributed by atoms with Crippen molar-refractivity contribution >= 4 is 5.91 Å². The van der Waals surface area contributed by atoms with Gasteiger partial charge in [-0.25, -0.2) is 0 Å². The van der Waals surface area contributed by atoms with E-state index in [1.54, 1.807) is 0 Å². The summed E-state index contributed by atoms with van der Waals surface area (Å²) in [4.78, 5) is 14.8. The van der Waals surface area contributed by atoms with Crippen molar-refractivity contribution in [2.45, 2.75) is 38.3 Å². The van der Waals surface area contributed by atoms with Crippen LogP contribution in [0.5, 0.6) is 0 Å². The van der Waals surface area contributed by atoms with E-state index >= 15 is 0 Å². The van der Waals surface area contributed by atoms with E-state index in [1.165, 1.54) is 18.4 Å². The maximum Gasteiger partial charge on any atom is 0.253 e. The van der Waals surface area contributed by atoms with Crippen molar-refractivity contribution in [2.75, 3.05) is 7.05 Å². The van der Waals surface area contributed by atoms with E-state index in [2.05, 4.69) is 30.3 Å². The van der Waals surface area contributed by atoms with Crippen LogP contribution in [0.1, 0.15) is 40.7 Å². The molecule has 3 nitrogen and oxygen atoms in total. The van der Waals surface area contributed by atoms with E-state index in [4.69, 9.17) is 5.73 Å². The minimum atomic E-state index is 0.114. The van der Waals surface area contributed by atoms with E-state index in [-0.39, 0.29) is 5.91 Å². The van der Waals surface area contributed by atoms with Gasteiger partial charge in [0.2, 0.25) is 0 Å².